The molecular formula is C64H64F12N6O6. The van der Waals surface area contributed by atoms with E-state index < -0.39 is 87.4 Å². The molecule has 0 saturated carbocycles. The number of nitrogens with one attached hydrogen (secondary N) is 1. The molecule has 4 aliphatic rings. The van der Waals surface area contributed by atoms with E-state index in [4.69, 9.17) is 14.2 Å². The van der Waals surface area contributed by atoms with Gasteiger partial charge in [-0.05, 0) is 129 Å². The van der Waals surface area contributed by atoms with Crippen molar-refractivity contribution in [3.8, 4) is 12.1 Å². The van der Waals surface area contributed by atoms with E-state index in [1.807, 2.05) is 30.3 Å². The van der Waals surface area contributed by atoms with Gasteiger partial charge in [0.15, 0.2) is 0 Å². The zero-order chi connectivity index (χ0) is 63.9. The molecule has 470 valence electrons. The molecule has 4 saturated heterocycles. The molecule has 5 aromatic carbocycles. The molecule has 12 nitrogen and oxygen atoms in total. The first-order chi connectivity index (χ1) is 41.5. The Morgan fingerprint density at radius 3 is 1.40 bits per heavy atom. The number of piperidine rings is 4. The van der Waals surface area contributed by atoms with Gasteiger partial charge in [0.1, 0.15) is 17.7 Å². The maximum Gasteiger partial charge on any atom is 0.416 e. The first-order valence-electron chi connectivity index (χ1n) is 28.6. The minimum atomic E-state index is -5.05. The molecule has 88 heavy (non-hydrogen) atoms. The second-order valence-corrected chi connectivity index (χ2v) is 22.7. The van der Waals surface area contributed by atoms with Crippen molar-refractivity contribution in [3.05, 3.63) is 177 Å². The molecule has 6 atom stereocenters. The normalized spacial score (nSPS) is 23.7. The lowest BCUT2D eigenvalue weighted by Gasteiger charge is -2.54. The van der Waals surface area contributed by atoms with Crippen LogP contribution in [0.5, 0.6) is 0 Å². The second-order valence-electron chi connectivity index (χ2n) is 22.7. The molecule has 5 aromatic rings. The van der Waals surface area contributed by atoms with Crippen LogP contribution in [0, 0.1) is 22.7 Å². The van der Waals surface area contributed by atoms with Crippen LogP contribution in [0.3, 0.4) is 0 Å². The van der Waals surface area contributed by atoms with Crippen LogP contribution in [0.1, 0.15) is 140 Å². The van der Waals surface area contributed by atoms with Crippen LogP contribution in [-0.2, 0) is 66.2 Å². The third-order valence-electron chi connectivity index (χ3n) is 17.0. The van der Waals surface area contributed by atoms with E-state index in [-0.39, 0.29) is 87.2 Å². The fourth-order valence-corrected chi connectivity index (χ4v) is 11.9. The first-order valence-corrected chi connectivity index (χ1v) is 28.6. The topological polar surface area (TPSA) is 148 Å². The van der Waals surface area contributed by atoms with E-state index in [9.17, 15) is 77.6 Å². The summed E-state index contributed by atoms with van der Waals surface area (Å²) >= 11 is 0. The van der Waals surface area contributed by atoms with Gasteiger partial charge in [-0.3, -0.25) is 14.5 Å². The number of nitriles is 2. The molecule has 1 N–H and O–H groups in total. The maximum atomic E-state index is 14.1. The SMILES string of the molecule is C[C@@H](OC[C@@]1(c2ccccc2)CC[C@](C#N)(N2CCCCC2=O)CN1)c1cc(C(F)(F)F)cc(C(F)(F)F)c1.C[C@@H](OC[C@@]1(c2ccccc2)CC[C@](C#N)(N2CCCCC2=O)CN1C(=O)OCc1ccccc1)c1cc(C(F)(F)F)cc(C(F)(F)F)c1. The summed E-state index contributed by atoms with van der Waals surface area (Å²) in [6, 6.07) is 34.0. The lowest BCUT2D eigenvalue weighted by Crippen LogP contribution is -2.67. The molecule has 9 rings (SSSR count). The average Bonchev–Trinajstić information content (AvgIpc) is 0.837. The lowest BCUT2D eigenvalue weighted by atomic mass is 9.74. The predicted molar refractivity (Wildman–Crippen MR) is 295 cm³/mol. The van der Waals surface area contributed by atoms with Gasteiger partial charge < -0.3 is 29.3 Å². The van der Waals surface area contributed by atoms with Gasteiger partial charge in [0.2, 0.25) is 11.8 Å². The molecule has 0 unspecified atom stereocenters. The van der Waals surface area contributed by atoms with Gasteiger partial charge in [0.05, 0.1) is 77.4 Å². The molecule has 0 aromatic heterocycles. The van der Waals surface area contributed by atoms with Crippen molar-refractivity contribution in [2.75, 3.05) is 39.4 Å². The molecule has 4 aliphatic heterocycles. The van der Waals surface area contributed by atoms with Crippen molar-refractivity contribution < 1.29 is 81.3 Å². The number of likely N-dealkylation sites (tertiary alicyclic amines) is 3. The van der Waals surface area contributed by atoms with E-state index >= 15 is 0 Å². The largest absolute Gasteiger partial charge is 0.445 e. The Morgan fingerprint density at radius 2 is 0.977 bits per heavy atom. The van der Waals surface area contributed by atoms with Crippen molar-refractivity contribution in [2.24, 2.45) is 0 Å². The highest BCUT2D eigenvalue weighted by Crippen LogP contribution is 2.47. The van der Waals surface area contributed by atoms with Crippen LogP contribution in [0.15, 0.2) is 127 Å². The van der Waals surface area contributed by atoms with Gasteiger partial charge in [-0.1, -0.05) is 91.0 Å². The summed E-state index contributed by atoms with van der Waals surface area (Å²) < 4.78 is 180. The maximum absolute atomic E-state index is 14.1. The van der Waals surface area contributed by atoms with Crippen LogP contribution < -0.4 is 5.32 Å². The number of carbonyl (C=O) groups excluding carboxylic acids is 3. The zero-order valence-electron chi connectivity index (χ0n) is 48.0. The lowest BCUT2D eigenvalue weighted by molar-refractivity contribution is -0.145. The van der Waals surface area contributed by atoms with Gasteiger partial charge in [-0.2, -0.15) is 63.2 Å². The quantitative estimate of drug-likeness (QED) is 0.107. The van der Waals surface area contributed by atoms with Crippen LogP contribution in [0.4, 0.5) is 57.5 Å². The number of carbonyl (C=O) groups is 3. The van der Waals surface area contributed by atoms with Gasteiger partial charge in [-0.15, -0.1) is 0 Å². The summed E-state index contributed by atoms with van der Waals surface area (Å²) in [6.45, 7) is 2.85. The standard InChI is InChI=1S/C36H35F6N3O4.C28H29F6N3O2/c1-25(27-18-29(35(37,38)39)20-30(19-27)36(40,41)42)49-24-34(28-12-6-3-7-13-28)16-15-33(22-43,44-17-9-8-14-31(44)46)23-45(34)32(47)48-21-26-10-4-2-5-11-26;1-19(20-13-22(27(29,30)31)15-23(14-20)28(32,33)34)39-18-26(21-7-3-2-4-8-21)11-10-25(16-35,17-36-26)37-12-6-5-9-24(37)38/h2-7,10-13,18-20,25H,8-9,14-17,21,23-24H2,1H3;2-4,7-8,13-15,19,36H,5-6,9-12,17-18H2,1H3/t25-,33-,34-;19-,25-,26-/m11/s1. The fourth-order valence-electron chi connectivity index (χ4n) is 11.9. The summed E-state index contributed by atoms with van der Waals surface area (Å²) in [5.41, 5.74) is -9.03. The first kappa shape index (κ1) is 66.3. The number of amides is 3. The predicted octanol–water partition coefficient (Wildman–Crippen LogP) is 14.8. The highest BCUT2D eigenvalue weighted by Gasteiger charge is 2.56. The van der Waals surface area contributed by atoms with Gasteiger partial charge >= 0.3 is 30.8 Å². The van der Waals surface area contributed by atoms with Crippen molar-refractivity contribution in [3.63, 3.8) is 0 Å². The van der Waals surface area contributed by atoms with Crippen LogP contribution in [-0.4, -0.2) is 83.1 Å². The molecule has 4 fully saturated rings. The molecule has 0 spiro atoms. The number of ether oxygens (including phenoxy) is 3. The van der Waals surface area contributed by atoms with Crippen molar-refractivity contribution in [1.29, 1.82) is 10.5 Å². The summed E-state index contributed by atoms with van der Waals surface area (Å²) in [5.74, 6) is -0.292. The number of hydrogen-bond donors (Lipinski definition) is 1. The highest BCUT2D eigenvalue weighted by molar-refractivity contribution is 5.79. The fraction of sp³-hybridized carbons (Fsp3) is 0.453. The summed E-state index contributed by atoms with van der Waals surface area (Å²) in [4.78, 5) is 44.3. The summed E-state index contributed by atoms with van der Waals surface area (Å²) in [6.07, 6.45) is -18.8. The molecule has 24 heteroatoms. The van der Waals surface area contributed by atoms with Crippen LogP contribution in [0.2, 0.25) is 0 Å². The Balaban J connectivity index is 0.000000234. The van der Waals surface area contributed by atoms with Crippen molar-refractivity contribution >= 4 is 17.9 Å². The number of alkyl halides is 12. The number of hydrogen-bond acceptors (Lipinski definition) is 9. The molecule has 0 bridgehead atoms. The minimum Gasteiger partial charge on any atom is -0.445 e. The minimum absolute atomic E-state index is 0.0522. The molecular weight excluding hydrogens is 1180 g/mol. The second kappa shape index (κ2) is 26.6. The molecule has 4 heterocycles. The van der Waals surface area contributed by atoms with E-state index in [1.54, 1.807) is 65.6 Å². The van der Waals surface area contributed by atoms with Gasteiger partial charge in [-0.25, -0.2) is 4.79 Å². The third-order valence-corrected chi connectivity index (χ3v) is 17.0. The van der Waals surface area contributed by atoms with Gasteiger partial charge in [0.25, 0.3) is 0 Å². The molecule has 0 aliphatic carbocycles. The van der Waals surface area contributed by atoms with Crippen molar-refractivity contribution in [2.45, 2.75) is 144 Å². The smallest absolute Gasteiger partial charge is 0.416 e. The Hall–Kier alpha value is -7.67. The highest BCUT2D eigenvalue weighted by atomic mass is 19.4. The zero-order valence-corrected chi connectivity index (χ0v) is 48.0. The summed E-state index contributed by atoms with van der Waals surface area (Å²) in [7, 11) is 0. The van der Waals surface area contributed by atoms with E-state index in [2.05, 4.69) is 17.5 Å². The van der Waals surface area contributed by atoms with Crippen LogP contribution >= 0.6 is 0 Å². The summed E-state index contributed by atoms with van der Waals surface area (Å²) in [5, 5.41) is 24.1. The number of halogens is 12. The number of benzene rings is 5. The average molecular weight is 1240 g/mol. The Morgan fingerprint density at radius 1 is 0.557 bits per heavy atom. The Kier molecular flexibility index (Phi) is 20.0. The van der Waals surface area contributed by atoms with Crippen molar-refractivity contribution in [1.82, 2.24) is 20.0 Å². The number of rotatable bonds is 14. The third kappa shape index (κ3) is 14.9. The van der Waals surface area contributed by atoms with E-state index in [1.165, 1.54) is 23.6 Å². The van der Waals surface area contributed by atoms with Crippen LogP contribution in [0.25, 0.3) is 0 Å². The number of nitrogens with zero attached hydrogens (tertiary/aromatic N) is 5. The van der Waals surface area contributed by atoms with E-state index in [0.717, 1.165) is 18.4 Å². The monoisotopic (exact) mass is 1240 g/mol. The van der Waals surface area contributed by atoms with Gasteiger partial charge in [0, 0.05) is 32.5 Å². The Labute approximate surface area is 500 Å². The molecule has 0 radical (unpaired) electrons. The Bertz CT molecular complexity index is 3260. The molecule has 3 amide bonds. The van der Waals surface area contributed by atoms with E-state index in [0.29, 0.717) is 80.6 Å².